The second kappa shape index (κ2) is 8.04. The van der Waals surface area contributed by atoms with Crippen LogP contribution in [0.5, 0.6) is 5.75 Å². The minimum absolute atomic E-state index is 0.191. The third-order valence-corrected chi connectivity index (χ3v) is 5.02. The highest BCUT2D eigenvalue weighted by Crippen LogP contribution is 2.33. The van der Waals surface area contributed by atoms with Gasteiger partial charge in [0.1, 0.15) is 5.75 Å². The van der Waals surface area contributed by atoms with Crippen molar-refractivity contribution in [3.63, 3.8) is 0 Å². The fourth-order valence-electron chi connectivity index (χ4n) is 2.15. The molecule has 1 atom stereocenters. The highest BCUT2D eigenvalue weighted by atomic mass is 35.5. The first-order valence-electron chi connectivity index (χ1n) is 6.94. The summed E-state index contributed by atoms with van der Waals surface area (Å²) in [6.45, 7) is 3.11. The van der Waals surface area contributed by atoms with Crippen molar-refractivity contribution >= 4 is 34.5 Å². The molecule has 0 aliphatic carbocycles. The van der Waals surface area contributed by atoms with Gasteiger partial charge in [-0.3, -0.25) is 0 Å². The molecule has 5 heteroatoms. The summed E-state index contributed by atoms with van der Waals surface area (Å²) in [5.74, 6) is 0.892. The molecule has 1 unspecified atom stereocenters. The van der Waals surface area contributed by atoms with Crippen molar-refractivity contribution in [2.45, 2.75) is 25.8 Å². The first-order valence-corrected chi connectivity index (χ1v) is 8.58. The van der Waals surface area contributed by atoms with E-state index in [1.807, 2.05) is 23.6 Å². The van der Waals surface area contributed by atoms with Crippen LogP contribution in [-0.2, 0) is 6.42 Å². The smallest absolute Gasteiger partial charge is 0.129 e. The normalized spacial score (nSPS) is 12.4. The van der Waals surface area contributed by atoms with Crippen molar-refractivity contribution in [3.05, 3.63) is 50.1 Å². The van der Waals surface area contributed by atoms with Crippen LogP contribution in [0.2, 0.25) is 10.0 Å². The molecule has 0 aliphatic rings. The van der Waals surface area contributed by atoms with Crippen LogP contribution in [-0.4, -0.2) is 13.7 Å². The number of hydrogen-bond acceptors (Lipinski definition) is 3. The molecule has 2 nitrogen and oxygen atoms in total. The summed E-state index contributed by atoms with van der Waals surface area (Å²) in [6.07, 6.45) is 1.84. The van der Waals surface area contributed by atoms with E-state index < -0.39 is 0 Å². The highest BCUT2D eigenvalue weighted by Gasteiger charge is 2.17. The summed E-state index contributed by atoms with van der Waals surface area (Å²) in [5.41, 5.74) is 0.988. The van der Waals surface area contributed by atoms with Gasteiger partial charge in [0, 0.05) is 26.3 Å². The Morgan fingerprint density at radius 3 is 2.57 bits per heavy atom. The van der Waals surface area contributed by atoms with E-state index in [1.54, 1.807) is 18.4 Å². The molecule has 1 aromatic heterocycles. The average molecular weight is 344 g/mol. The Labute approximate surface area is 140 Å². The summed E-state index contributed by atoms with van der Waals surface area (Å²) < 4.78 is 5.28. The van der Waals surface area contributed by atoms with Crippen LogP contribution in [0.15, 0.2) is 29.6 Å². The molecule has 2 rings (SSSR count). The molecule has 0 spiro atoms. The van der Waals surface area contributed by atoms with Gasteiger partial charge in [0.2, 0.25) is 0 Å². The monoisotopic (exact) mass is 343 g/mol. The van der Waals surface area contributed by atoms with Crippen LogP contribution in [0, 0.1) is 0 Å². The Hall–Kier alpha value is -0.740. The van der Waals surface area contributed by atoms with Crippen molar-refractivity contribution in [2.24, 2.45) is 0 Å². The van der Waals surface area contributed by atoms with Crippen LogP contribution >= 0.6 is 34.5 Å². The lowest BCUT2D eigenvalue weighted by atomic mass is 10.0. The van der Waals surface area contributed by atoms with Gasteiger partial charge in [-0.15, -0.1) is 11.3 Å². The summed E-state index contributed by atoms with van der Waals surface area (Å²) >= 11 is 14.3. The zero-order chi connectivity index (χ0) is 15.2. The molecule has 0 fully saturated rings. The van der Waals surface area contributed by atoms with Crippen LogP contribution in [0.3, 0.4) is 0 Å². The molecule has 0 amide bonds. The fourth-order valence-corrected chi connectivity index (χ4v) is 3.63. The van der Waals surface area contributed by atoms with Gasteiger partial charge in [-0.2, -0.15) is 0 Å². The maximum Gasteiger partial charge on any atom is 0.129 e. The maximum absolute atomic E-state index is 6.29. The second-order valence-corrected chi connectivity index (χ2v) is 6.56. The van der Waals surface area contributed by atoms with Crippen LogP contribution in [0.4, 0.5) is 0 Å². The third kappa shape index (κ3) is 4.36. The zero-order valence-electron chi connectivity index (χ0n) is 12.2. The predicted octanol–water partition coefficient (Wildman–Crippen LogP) is 5.35. The molecule has 114 valence electrons. The van der Waals surface area contributed by atoms with Gasteiger partial charge in [-0.05, 0) is 43.1 Å². The van der Waals surface area contributed by atoms with Crippen LogP contribution in [0.1, 0.15) is 29.8 Å². The lowest BCUT2D eigenvalue weighted by Gasteiger charge is -2.18. The summed E-state index contributed by atoms with van der Waals surface area (Å²) in [6, 6.07) is 7.90. The zero-order valence-corrected chi connectivity index (χ0v) is 14.5. The van der Waals surface area contributed by atoms with Crippen molar-refractivity contribution in [2.75, 3.05) is 13.7 Å². The SMILES string of the molecule is CCCNC(Cc1c(Cl)cccc1Cl)c1cc(OC)cs1. The molecule has 0 saturated carbocycles. The Bertz CT molecular complexity index is 565. The van der Waals surface area contributed by atoms with Crippen molar-refractivity contribution in [1.29, 1.82) is 0 Å². The van der Waals surface area contributed by atoms with E-state index in [9.17, 15) is 0 Å². The number of halogens is 2. The minimum atomic E-state index is 0.191. The first-order chi connectivity index (χ1) is 10.2. The van der Waals surface area contributed by atoms with Gasteiger partial charge in [0.05, 0.1) is 7.11 Å². The third-order valence-electron chi connectivity index (χ3n) is 3.29. The van der Waals surface area contributed by atoms with Crippen molar-refractivity contribution < 1.29 is 4.74 Å². The molecular weight excluding hydrogens is 325 g/mol. The molecule has 0 bridgehead atoms. The maximum atomic E-state index is 6.29. The van der Waals surface area contributed by atoms with E-state index in [-0.39, 0.29) is 6.04 Å². The molecule has 1 N–H and O–H groups in total. The van der Waals surface area contributed by atoms with Crippen molar-refractivity contribution in [1.82, 2.24) is 5.32 Å². The number of thiophene rings is 1. The summed E-state index contributed by atoms with van der Waals surface area (Å²) in [4.78, 5) is 1.23. The Morgan fingerprint density at radius 1 is 1.29 bits per heavy atom. The van der Waals surface area contributed by atoms with E-state index in [2.05, 4.69) is 18.3 Å². The minimum Gasteiger partial charge on any atom is -0.496 e. The molecule has 0 radical (unpaired) electrons. The largest absolute Gasteiger partial charge is 0.496 e. The standard InChI is InChI=1S/C16H19Cl2NOS/c1-3-7-19-15(16-8-11(20-2)10-21-16)9-12-13(17)5-4-6-14(12)18/h4-6,8,10,15,19H,3,7,9H2,1-2H3. The molecule has 1 heterocycles. The van der Waals surface area contributed by atoms with Gasteiger partial charge in [-0.25, -0.2) is 0 Å². The summed E-state index contributed by atoms with van der Waals surface area (Å²) in [5, 5.41) is 7.02. The number of hydrogen-bond donors (Lipinski definition) is 1. The number of benzene rings is 1. The average Bonchev–Trinajstić information content (AvgIpc) is 2.95. The predicted molar refractivity (Wildman–Crippen MR) is 92.1 cm³/mol. The Balaban J connectivity index is 2.23. The van der Waals surface area contributed by atoms with Gasteiger partial charge in [0.25, 0.3) is 0 Å². The molecule has 0 saturated heterocycles. The number of nitrogens with one attached hydrogen (secondary N) is 1. The quantitative estimate of drug-likeness (QED) is 0.731. The first kappa shape index (κ1) is 16.6. The van der Waals surface area contributed by atoms with E-state index in [4.69, 9.17) is 27.9 Å². The van der Waals surface area contributed by atoms with Crippen LogP contribution < -0.4 is 10.1 Å². The second-order valence-electron chi connectivity index (χ2n) is 4.80. The molecule has 21 heavy (non-hydrogen) atoms. The van der Waals surface area contributed by atoms with E-state index >= 15 is 0 Å². The van der Waals surface area contributed by atoms with Gasteiger partial charge in [-0.1, -0.05) is 36.2 Å². The fraction of sp³-hybridized carbons (Fsp3) is 0.375. The van der Waals surface area contributed by atoms with Gasteiger partial charge >= 0.3 is 0 Å². The summed E-state index contributed by atoms with van der Waals surface area (Å²) in [7, 11) is 1.69. The topological polar surface area (TPSA) is 21.3 Å². The van der Waals surface area contributed by atoms with E-state index in [1.165, 1.54) is 4.88 Å². The number of methoxy groups -OCH3 is 1. The van der Waals surface area contributed by atoms with Crippen molar-refractivity contribution in [3.8, 4) is 5.75 Å². The van der Waals surface area contributed by atoms with Gasteiger partial charge < -0.3 is 10.1 Å². The lowest BCUT2D eigenvalue weighted by Crippen LogP contribution is -2.23. The van der Waals surface area contributed by atoms with Gasteiger partial charge in [0.15, 0.2) is 0 Å². The Kier molecular flexibility index (Phi) is 6.37. The molecule has 2 aromatic rings. The molecular formula is C16H19Cl2NOS. The van der Waals surface area contributed by atoms with E-state index in [0.29, 0.717) is 10.0 Å². The number of ether oxygens (including phenoxy) is 1. The van der Waals surface area contributed by atoms with Crippen LogP contribution in [0.25, 0.3) is 0 Å². The highest BCUT2D eigenvalue weighted by molar-refractivity contribution is 7.10. The van der Waals surface area contributed by atoms with E-state index in [0.717, 1.165) is 30.7 Å². The lowest BCUT2D eigenvalue weighted by molar-refractivity contribution is 0.415. The molecule has 1 aromatic carbocycles. The number of rotatable bonds is 7. The Morgan fingerprint density at radius 2 is 2.00 bits per heavy atom. The molecule has 0 aliphatic heterocycles.